The van der Waals surface area contributed by atoms with Gasteiger partial charge < -0.3 is 4.90 Å². The highest BCUT2D eigenvalue weighted by molar-refractivity contribution is 5.94. The van der Waals surface area contributed by atoms with E-state index >= 15 is 0 Å². The molecule has 0 spiro atoms. The largest absolute Gasteiger partial charge is 0.371 e. The maximum atomic E-state index is 11.2. The minimum Gasteiger partial charge on any atom is -0.371 e. The van der Waals surface area contributed by atoms with E-state index < -0.39 is 0 Å². The molecule has 92 valence electrons. The number of anilines is 1. The van der Waals surface area contributed by atoms with Crippen molar-refractivity contribution in [2.45, 2.75) is 33.6 Å². The second-order valence-electron chi connectivity index (χ2n) is 5.75. The molecule has 2 heteroatoms. The molecule has 0 aromatic heterocycles. The maximum absolute atomic E-state index is 11.2. The number of carbonyl (C=O) groups excluding carboxylic acids is 1. The van der Waals surface area contributed by atoms with E-state index in [2.05, 4.69) is 30.9 Å². The van der Waals surface area contributed by atoms with Crippen LogP contribution in [0.4, 0.5) is 5.69 Å². The fourth-order valence-electron chi connectivity index (χ4n) is 2.28. The number of hydrogen-bond acceptors (Lipinski definition) is 2. The Morgan fingerprint density at radius 2 is 1.65 bits per heavy atom. The molecule has 1 aromatic carbocycles. The number of hydrogen-bond donors (Lipinski definition) is 0. The van der Waals surface area contributed by atoms with Gasteiger partial charge >= 0.3 is 0 Å². The van der Waals surface area contributed by atoms with Crippen molar-refractivity contribution in [1.29, 1.82) is 0 Å². The highest BCUT2D eigenvalue weighted by Crippen LogP contribution is 2.32. The van der Waals surface area contributed by atoms with Crippen molar-refractivity contribution in [2.75, 3.05) is 18.0 Å². The molecule has 1 aliphatic rings. The summed E-state index contributed by atoms with van der Waals surface area (Å²) in [4.78, 5) is 13.6. The van der Waals surface area contributed by atoms with Crippen LogP contribution in [-0.4, -0.2) is 18.9 Å². The Morgan fingerprint density at radius 3 is 2.12 bits per heavy atom. The number of nitrogens with zero attached hydrogens (tertiary/aromatic N) is 1. The monoisotopic (exact) mass is 231 g/mol. The fraction of sp³-hybridized carbons (Fsp3) is 0.533. The number of Topliss-reactive ketones (excluding diaryl/α,β-unsaturated/α-hetero) is 1. The van der Waals surface area contributed by atoms with E-state index in [0.717, 1.165) is 18.7 Å². The van der Waals surface area contributed by atoms with Crippen LogP contribution in [0.15, 0.2) is 24.3 Å². The molecular weight excluding hydrogens is 210 g/mol. The highest BCUT2D eigenvalue weighted by atomic mass is 16.1. The van der Waals surface area contributed by atoms with E-state index in [1.807, 2.05) is 12.1 Å². The summed E-state index contributed by atoms with van der Waals surface area (Å²) in [6.07, 6.45) is 2.48. The normalized spacial score (nSPS) is 19.1. The number of carbonyl (C=O) groups is 1. The Hall–Kier alpha value is -1.31. The highest BCUT2D eigenvalue weighted by Gasteiger charge is 2.25. The number of piperidine rings is 1. The lowest BCUT2D eigenvalue weighted by molar-refractivity contribution is 0.101. The minimum absolute atomic E-state index is 0.135. The van der Waals surface area contributed by atoms with Crippen molar-refractivity contribution in [3.05, 3.63) is 29.8 Å². The Balaban J connectivity index is 2.06. The third-order valence-corrected chi connectivity index (χ3v) is 3.76. The molecule has 1 heterocycles. The van der Waals surface area contributed by atoms with Crippen LogP contribution in [0.25, 0.3) is 0 Å². The molecule has 0 bridgehead atoms. The van der Waals surface area contributed by atoms with Crippen LogP contribution in [-0.2, 0) is 0 Å². The van der Waals surface area contributed by atoms with E-state index in [4.69, 9.17) is 0 Å². The molecule has 1 aliphatic heterocycles. The van der Waals surface area contributed by atoms with Gasteiger partial charge in [-0.15, -0.1) is 0 Å². The van der Waals surface area contributed by atoms with Gasteiger partial charge in [0.05, 0.1) is 0 Å². The van der Waals surface area contributed by atoms with Crippen LogP contribution in [0, 0.1) is 5.41 Å². The van der Waals surface area contributed by atoms with E-state index in [1.165, 1.54) is 18.5 Å². The van der Waals surface area contributed by atoms with Crippen molar-refractivity contribution in [2.24, 2.45) is 5.41 Å². The molecule has 0 atom stereocenters. The number of rotatable bonds is 2. The predicted molar refractivity (Wildman–Crippen MR) is 71.7 cm³/mol. The number of benzene rings is 1. The lowest BCUT2D eigenvalue weighted by atomic mass is 9.82. The molecule has 2 nitrogen and oxygen atoms in total. The van der Waals surface area contributed by atoms with Crippen LogP contribution < -0.4 is 4.90 Å². The Bertz CT molecular complexity index is 395. The molecule has 0 N–H and O–H groups in total. The first kappa shape index (κ1) is 12.2. The van der Waals surface area contributed by atoms with Gasteiger partial charge in [0, 0.05) is 24.3 Å². The molecule has 2 rings (SSSR count). The molecule has 1 fully saturated rings. The summed E-state index contributed by atoms with van der Waals surface area (Å²) in [5.74, 6) is 0.135. The molecule has 0 saturated carbocycles. The minimum atomic E-state index is 0.135. The fourth-order valence-corrected chi connectivity index (χ4v) is 2.28. The summed E-state index contributed by atoms with van der Waals surface area (Å²) in [7, 11) is 0. The quantitative estimate of drug-likeness (QED) is 0.726. The van der Waals surface area contributed by atoms with Gasteiger partial charge in [0.25, 0.3) is 0 Å². The summed E-state index contributed by atoms with van der Waals surface area (Å²) >= 11 is 0. The van der Waals surface area contributed by atoms with Gasteiger partial charge in [-0.1, -0.05) is 13.8 Å². The van der Waals surface area contributed by atoms with Gasteiger partial charge in [-0.3, -0.25) is 4.79 Å². The maximum Gasteiger partial charge on any atom is 0.159 e. The first-order valence-corrected chi connectivity index (χ1v) is 6.34. The zero-order valence-corrected chi connectivity index (χ0v) is 11.0. The first-order valence-electron chi connectivity index (χ1n) is 6.34. The van der Waals surface area contributed by atoms with Crippen molar-refractivity contribution in [3.8, 4) is 0 Å². The lowest BCUT2D eigenvalue weighted by Gasteiger charge is -2.38. The van der Waals surface area contributed by atoms with Gasteiger partial charge in [-0.25, -0.2) is 0 Å². The molecule has 0 radical (unpaired) electrons. The van der Waals surface area contributed by atoms with Crippen molar-refractivity contribution >= 4 is 11.5 Å². The molecule has 1 saturated heterocycles. The molecule has 0 amide bonds. The average molecular weight is 231 g/mol. The molecule has 0 unspecified atom stereocenters. The van der Waals surface area contributed by atoms with E-state index in [1.54, 1.807) is 6.92 Å². The summed E-state index contributed by atoms with van der Waals surface area (Å²) in [6, 6.07) is 7.99. The predicted octanol–water partition coefficient (Wildman–Crippen LogP) is 3.52. The van der Waals surface area contributed by atoms with Gasteiger partial charge in [-0.05, 0) is 49.4 Å². The third kappa shape index (κ3) is 2.87. The lowest BCUT2D eigenvalue weighted by Crippen LogP contribution is -2.37. The Morgan fingerprint density at radius 1 is 1.12 bits per heavy atom. The van der Waals surface area contributed by atoms with Gasteiger partial charge in [-0.2, -0.15) is 0 Å². The molecule has 17 heavy (non-hydrogen) atoms. The van der Waals surface area contributed by atoms with Crippen LogP contribution in [0.3, 0.4) is 0 Å². The second-order valence-corrected chi connectivity index (χ2v) is 5.75. The summed E-state index contributed by atoms with van der Waals surface area (Å²) in [5.41, 5.74) is 2.52. The van der Waals surface area contributed by atoms with Crippen LogP contribution >= 0.6 is 0 Å². The molecular formula is C15H21NO. The van der Waals surface area contributed by atoms with E-state index in [-0.39, 0.29) is 5.78 Å². The average Bonchev–Trinajstić information content (AvgIpc) is 2.29. The summed E-state index contributed by atoms with van der Waals surface area (Å²) in [6.45, 7) is 8.52. The second kappa shape index (κ2) is 4.52. The zero-order chi connectivity index (χ0) is 12.5. The Kier molecular flexibility index (Phi) is 3.23. The Labute approximate surface area is 104 Å². The smallest absolute Gasteiger partial charge is 0.159 e. The standard InChI is InChI=1S/C15H21NO/c1-12(17)13-4-6-14(7-5-13)16-10-8-15(2,3)9-11-16/h4-7H,8-11H2,1-3H3. The number of ketones is 1. The van der Waals surface area contributed by atoms with Crippen molar-refractivity contribution in [3.63, 3.8) is 0 Å². The van der Waals surface area contributed by atoms with Gasteiger partial charge in [0.1, 0.15) is 0 Å². The summed E-state index contributed by atoms with van der Waals surface area (Å²) in [5, 5.41) is 0. The molecule has 1 aromatic rings. The van der Waals surface area contributed by atoms with Crippen LogP contribution in [0.1, 0.15) is 44.0 Å². The topological polar surface area (TPSA) is 20.3 Å². The van der Waals surface area contributed by atoms with Crippen LogP contribution in [0.2, 0.25) is 0 Å². The van der Waals surface area contributed by atoms with E-state index in [9.17, 15) is 4.79 Å². The first-order chi connectivity index (χ1) is 7.98. The van der Waals surface area contributed by atoms with Crippen molar-refractivity contribution in [1.82, 2.24) is 0 Å². The van der Waals surface area contributed by atoms with Gasteiger partial charge in [0.15, 0.2) is 5.78 Å². The van der Waals surface area contributed by atoms with E-state index in [0.29, 0.717) is 5.41 Å². The van der Waals surface area contributed by atoms with Crippen LogP contribution in [0.5, 0.6) is 0 Å². The molecule has 0 aliphatic carbocycles. The SMILES string of the molecule is CC(=O)c1ccc(N2CCC(C)(C)CC2)cc1. The van der Waals surface area contributed by atoms with Crippen molar-refractivity contribution < 1.29 is 4.79 Å². The summed E-state index contributed by atoms with van der Waals surface area (Å²) < 4.78 is 0. The zero-order valence-electron chi connectivity index (χ0n) is 11.0. The third-order valence-electron chi connectivity index (χ3n) is 3.76. The van der Waals surface area contributed by atoms with Gasteiger partial charge in [0.2, 0.25) is 0 Å².